The summed E-state index contributed by atoms with van der Waals surface area (Å²) in [5.41, 5.74) is 3.74. The van der Waals surface area contributed by atoms with Crippen LogP contribution in [0.3, 0.4) is 0 Å². The molecule has 0 spiro atoms. The molecule has 0 bridgehead atoms. The van der Waals surface area contributed by atoms with Crippen LogP contribution in [-0.2, 0) is 0 Å². The smallest absolute Gasteiger partial charge is 0.0842 e. The second-order valence-corrected chi connectivity index (χ2v) is 5.18. The third kappa shape index (κ3) is 2.41. The molecule has 1 rings (SSSR count). The van der Waals surface area contributed by atoms with Gasteiger partial charge in [-0.25, -0.2) is 0 Å². The van der Waals surface area contributed by atoms with Gasteiger partial charge in [-0.3, -0.25) is 0 Å². The van der Waals surface area contributed by atoms with E-state index in [0.29, 0.717) is 0 Å². The van der Waals surface area contributed by atoms with Crippen LogP contribution in [0.1, 0.15) is 0 Å². The van der Waals surface area contributed by atoms with Crippen molar-refractivity contribution in [2.45, 2.75) is 0 Å². The Hall–Kier alpha value is -0.950. The number of anilines is 3. The minimum absolute atomic E-state index is 1.22. The van der Waals surface area contributed by atoms with Crippen molar-refractivity contribution in [2.75, 3.05) is 57.0 Å². The molecule has 0 fully saturated rings. The van der Waals surface area contributed by atoms with Gasteiger partial charge in [-0.1, -0.05) is 6.07 Å². The lowest BCUT2D eigenvalue weighted by atomic mass is 10.2. The van der Waals surface area contributed by atoms with Crippen molar-refractivity contribution >= 4 is 31.6 Å². The highest BCUT2D eigenvalue weighted by atomic mass is 31.0. The first-order valence-corrected chi connectivity index (χ1v) is 5.88. The molecule has 0 aliphatic rings. The first-order valence-electron chi connectivity index (χ1n) is 5.30. The molecule has 0 amide bonds. The maximum Gasteiger partial charge on any atom is 0.0842 e. The average molecular weight is 239 g/mol. The molecule has 0 saturated heterocycles. The van der Waals surface area contributed by atoms with E-state index in [1.54, 1.807) is 0 Å². The summed E-state index contributed by atoms with van der Waals surface area (Å²) in [6, 6.07) is 4.30. The predicted molar refractivity (Wildman–Crippen MR) is 78.8 cm³/mol. The summed E-state index contributed by atoms with van der Waals surface area (Å²) in [5, 5.41) is 1.22. The zero-order chi connectivity index (χ0) is 12.5. The van der Waals surface area contributed by atoms with E-state index in [0.717, 1.165) is 0 Å². The summed E-state index contributed by atoms with van der Waals surface area (Å²) in [6.07, 6.45) is 0. The van der Waals surface area contributed by atoms with Crippen LogP contribution < -0.4 is 20.0 Å². The first-order chi connectivity index (χ1) is 7.36. The van der Waals surface area contributed by atoms with Crippen molar-refractivity contribution < 1.29 is 0 Å². The fraction of sp³-hybridized carbons (Fsp3) is 0.500. The van der Waals surface area contributed by atoms with Gasteiger partial charge in [-0.05, 0) is 11.4 Å². The minimum Gasteiger partial charge on any atom is -0.376 e. The molecule has 0 radical (unpaired) electrons. The molecule has 90 valence electrons. The van der Waals surface area contributed by atoms with E-state index >= 15 is 0 Å². The standard InChI is InChI=1S/C12H22N3P/c1-13(2)9-7-8-10(16)12(15(5)6)11(9)14(3)4/h7-8H,16H2,1-6H3. The maximum absolute atomic E-state index is 2.80. The maximum atomic E-state index is 2.80. The van der Waals surface area contributed by atoms with Crippen molar-refractivity contribution in [3.63, 3.8) is 0 Å². The molecular formula is C12H22N3P. The molecule has 0 heterocycles. The fourth-order valence-corrected chi connectivity index (χ4v) is 2.35. The quantitative estimate of drug-likeness (QED) is 0.738. The fourth-order valence-electron chi connectivity index (χ4n) is 1.86. The van der Waals surface area contributed by atoms with Gasteiger partial charge in [0, 0.05) is 42.3 Å². The Balaban J connectivity index is 3.50. The Morgan fingerprint density at radius 3 is 1.62 bits per heavy atom. The van der Waals surface area contributed by atoms with Crippen molar-refractivity contribution in [3.05, 3.63) is 12.1 Å². The highest BCUT2D eigenvalue weighted by Gasteiger charge is 2.15. The molecule has 0 aromatic heterocycles. The van der Waals surface area contributed by atoms with Crippen LogP contribution in [0.25, 0.3) is 0 Å². The molecule has 4 heteroatoms. The lowest BCUT2D eigenvalue weighted by Gasteiger charge is -2.29. The molecule has 1 atom stereocenters. The molecular weight excluding hydrogens is 217 g/mol. The molecule has 16 heavy (non-hydrogen) atoms. The molecule has 1 unspecified atom stereocenters. The summed E-state index contributed by atoms with van der Waals surface area (Å²) >= 11 is 0. The zero-order valence-corrected chi connectivity index (χ0v) is 12.2. The van der Waals surface area contributed by atoms with Crippen molar-refractivity contribution in [3.8, 4) is 0 Å². The predicted octanol–water partition coefficient (Wildman–Crippen LogP) is 1.39. The van der Waals surface area contributed by atoms with Crippen LogP contribution in [0.2, 0.25) is 0 Å². The zero-order valence-electron chi connectivity index (χ0n) is 11.1. The Morgan fingerprint density at radius 2 is 1.25 bits per heavy atom. The van der Waals surface area contributed by atoms with Crippen LogP contribution in [0.15, 0.2) is 12.1 Å². The molecule has 1 aromatic rings. The van der Waals surface area contributed by atoms with E-state index in [1.807, 2.05) is 0 Å². The van der Waals surface area contributed by atoms with Crippen molar-refractivity contribution in [2.24, 2.45) is 0 Å². The van der Waals surface area contributed by atoms with E-state index in [9.17, 15) is 0 Å². The average Bonchev–Trinajstić information content (AvgIpc) is 2.15. The second-order valence-electron chi connectivity index (χ2n) is 4.55. The van der Waals surface area contributed by atoms with Crippen LogP contribution >= 0.6 is 9.24 Å². The molecule has 0 aliphatic carbocycles. The van der Waals surface area contributed by atoms with E-state index < -0.39 is 0 Å². The van der Waals surface area contributed by atoms with Crippen molar-refractivity contribution in [1.82, 2.24) is 0 Å². The summed E-state index contributed by atoms with van der Waals surface area (Å²) < 4.78 is 0. The van der Waals surface area contributed by atoms with Gasteiger partial charge in [0.05, 0.1) is 17.1 Å². The summed E-state index contributed by atoms with van der Waals surface area (Å²) in [7, 11) is 15.3. The normalized spacial score (nSPS) is 10.2. The lowest BCUT2D eigenvalue weighted by Crippen LogP contribution is -2.24. The third-order valence-electron chi connectivity index (χ3n) is 2.54. The highest BCUT2D eigenvalue weighted by molar-refractivity contribution is 7.28. The first kappa shape index (κ1) is 13.1. The van der Waals surface area contributed by atoms with E-state index in [4.69, 9.17) is 0 Å². The second kappa shape index (κ2) is 4.92. The van der Waals surface area contributed by atoms with Gasteiger partial charge in [-0.2, -0.15) is 0 Å². The number of hydrogen-bond acceptors (Lipinski definition) is 3. The van der Waals surface area contributed by atoms with Gasteiger partial charge in [0.25, 0.3) is 0 Å². The van der Waals surface area contributed by atoms with Gasteiger partial charge in [0.1, 0.15) is 0 Å². The topological polar surface area (TPSA) is 9.72 Å². The van der Waals surface area contributed by atoms with Gasteiger partial charge in [0.2, 0.25) is 0 Å². The SMILES string of the molecule is CN(C)c1ccc(P)c(N(C)C)c1N(C)C. The monoisotopic (exact) mass is 239 g/mol. The van der Waals surface area contributed by atoms with Crippen LogP contribution in [0, 0.1) is 0 Å². The van der Waals surface area contributed by atoms with Crippen LogP contribution in [0.4, 0.5) is 17.1 Å². The Labute approximate surface area is 101 Å². The van der Waals surface area contributed by atoms with Gasteiger partial charge < -0.3 is 14.7 Å². The molecule has 0 N–H and O–H groups in total. The number of benzene rings is 1. The van der Waals surface area contributed by atoms with Gasteiger partial charge in [-0.15, -0.1) is 9.24 Å². The minimum atomic E-state index is 1.22. The number of nitrogens with zero attached hydrogens (tertiary/aromatic N) is 3. The molecule has 0 aliphatic heterocycles. The van der Waals surface area contributed by atoms with Crippen LogP contribution in [-0.4, -0.2) is 42.3 Å². The Morgan fingerprint density at radius 1 is 0.750 bits per heavy atom. The summed E-state index contributed by atoms with van der Waals surface area (Å²) in [5.74, 6) is 0. The van der Waals surface area contributed by atoms with E-state index in [-0.39, 0.29) is 0 Å². The van der Waals surface area contributed by atoms with E-state index in [2.05, 4.69) is 78.4 Å². The largest absolute Gasteiger partial charge is 0.376 e. The lowest BCUT2D eigenvalue weighted by molar-refractivity contribution is 1.05. The number of hydrogen-bond donors (Lipinski definition) is 0. The van der Waals surface area contributed by atoms with Crippen molar-refractivity contribution in [1.29, 1.82) is 0 Å². The number of rotatable bonds is 3. The Kier molecular flexibility index (Phi) is 4.03. The van der Waals surface area contributed by atoms with Gasteiger partial charge in [0.15, 0.2) is 0 Å². The van der Waals surface area contributed by atoms with Gasteiger partial charge >= 0.3 is 0 Å². The summed E-state index contributed by atoms with van der Waals surface area (Å²) in [4.78, 5) is 6.47. The van der Waals surface area contributed by atoms with E-state index in [1.165, 1.54) is 22.4 Å². The molecule has 0 saturated carbocycles. The molecule has 1 aromatic carbocycles. The third-order valence-corrected chi connectivity index (χ3v) is 3.00. The molecule has 3 nitrogen and oxygen atoms in total. The highest BCUT2D eigenvalue weighted by Crippen LogP contribution is 2.35. The summed E-state index contributed by atoms with van der Waals surface area (Å²) in [6.45, 7) is 0. The Bertz CT molecular complexity index is 373. The van der Waals surface area contributed by atoms with Crippen LogP contribution in [0.5, 0.6) is 0 Å².